The van der Waals surface area contributed by atoms with Gasteiger partial charge in [0.1, 0.15) is 5.75 Å². The third-order valence-corrected chi connectivity index (χ3v) is 5.95. The number of hydrogen-bond donors (Lipinski definition) is 3. The summed E-state index contributed by atoms with van der Waals surface area (Å²) in [6, 6.07) is 3.37. The quantitative estimate of drug-likeness (QED) is 0.522. The minimum Gasteiger partial charge on any atom is -0.507 e. The van der Waals surface area contributed by atoms with Gasteiger partial charge in [-0.05, 0) is 62.9 Å². The molecule has 1 atom stereocenters. The highest BCUT2D eigenvalue weighted by Crippen LogP contribution is 2.39. The summed E-state index contributed by atoms with van der Waals surface area (Å²) in [5.41, 5.74) is 1.77. The van der Waals surface area contributed by atoms with Gasteiger partial charge in [0.25, 0.3) is 0 Å². The summed E-state index contributed by atoms with van der Waals surface area (Å²) in [6.45, 7) is 4.79. The number of carboxylic acids is 1. The summed E-state index contributed by atoms with van der Waals surface area (Å²) in [5.74, 6) is -2.32. The summed E-state index contributed by atoms with van der Waals surface area (Å²) in [6.07, 6.45) is -5.51. The van der Waals surface area contributed by atoms with Gasteiger partial charge in [0, 0.05) is 30.3 Å². The van der Waals surface area contributed by atoms with Gasteiger partial charge in [0.2, 0.25) is 0 Å². The standard InChI is InChI=1S/C20H23F3N4O.C2HF3O2/c1-12-15-5-3-9-27(14-4-2-8-24-11-14)19(15)26-25-18(12)16-7-6-13(10-17(16)28)20(21,22)23;3-2(4,5)1(6)7/h6-7,10,14,24,28H,2-5,8-9,11H2,1H3;(H,6,7)/t14-;/m1./s1. The van der Waals surface area contributed by atoms with Crippen molar-refractivity contribution in [3.05, 3.63) is 34.9 Å². The van der Waals surface area contributed by atoms with Crippen LogP contribution in [0, 0.1) is 6.92 Å². The van der Waals surface area contributed by atoms with E-state index in [1.54, 1.807) is 0 Å². The molecule has 2 aliphatic rings. The van der Waals surface area contributed by atoms with Crippen molar-refractivity contribution in [1.29, 1.82) is 0 Å². The van der Waals surface area contributed by atoms with E-state index in [0.29, 0.717) is 11.7 Å². The molecule has 0 unspecified atom stereocenters. The zero-order valence-electron chi connectivity index (χ0n) is 18.7. The van der Waals surface area contributed by atoms with Crippen molar-refractivity contribution < 1.29 is 41.4 Å². The number of aliphatic carboxylic acids is 1. The van der Waals surface area contributed by atoms with Crippen LogP contribution in [-0.2, 0) is 17.4 Å². The van der Waals surface area contributed by atoms with E-state index in [4.69, 9.17) is 9.90 Å². The fourth-order valence-corrected chi connectivity index (χ4v) is 4.22. The number of nitrogens with zero attached hydrogens (tertiary/aromatic N) is 3. The Hall–Kier alpha value is -3.09. The summed E-state index contributed by atoms with van der Waals surface area (Å²) in [4.78, 5) is 11.2. The van der Waals surface area contributed by atoms with E-state index < -0.39 is 29.6 Å². The number of aromatic hydroxyl groups is 1. The lowest BCUT2D eigenvalue weighted by Gasteiger charge is -2.39. The summed E-state index contributed by atoms with van der Waals surface area (Å²) in [5, 5.41) is 29.5. The Labute approximate surface area is 196 Å². The highest BCUT2D eigenvalue weighted by molar-refractivity contribution is 5.73. The maximum atomic E-state index is 12.9. The molecule has 1 fully saturated rings. The van der Waals surface area contributed by atoms with Crippen LogP contribution in [0.3, 0.4) is 0 Å². The molecule has 1 aromatic heterocycles. The molecule has 0 aliphatic carbocycles. The first kappa shape index (κ1) is 26.5. The number of piperidine rings is 1. The number of phenols is 1. The third kappa shape index (κ3) is 6.13. The summed E-state index contributed by atoms with van der Waals surface area (Å²) < 4.78 is 70.4. The average molecular weight is 506 g/mol. The lowest BCUT2D eigenvalue weighted by atomic mass is 9.94. The maximum absolute atomic E-state index is 12.9. The third-order valence-electron chi connectivity index (χ3n) is 5.95. The molecule has 0 bridgehead atoms. The Kier molecular flexibility index (Phi) is 7.77. The minimum atomic E-state index is -5.08. The number of halogens is 6. The van der Waals surface area contributed by atoms with E-state index >= 15 is 0 Å². The van der Waals surface area contributed by atoms with Gasteiger partial charge < -0.3 is 20.4 Å². The van der Waals surface area contributed by atoms with Gasteiger partial charge >= 0.3 is 18.3 Å². The zero-order chi connectivity index (χ0) is 26.0. The van der Waals surface area contributed by atoms with Crippen LogP contribution in [0.25, 0.3) is 11.3 Å². The van der Waals surface area contributed by atoms with Gasteiger partial charge in [-0.25, -0.2) is 4.79 Å². The van der Waals surface area contributed by atoms with E-state index in [1.807, 2.05) is 6.92 Å². The number of anilines is 1. The normalized spacial score (nSPS) is 18.4. The lowest BCUT2D eigenvalue weighted by Crippen LogP contribution is -2.48. The molecule has 2 aromatic rings. The van der Waals surface area contributed by atoms with Crippen LogP contribution in [0.4, 0.5) is 32.2 Å². The number of fused-ring (bicyclic) bond motifs is 1. The molecule has 1 saturated heterocycles. The van der Waals surface area contributed by atoms with Crippen LogP contribution in [0.5, 0.6) is 5.75 Å². The maximum Gasteiger partial charge on any atom is 0.490 e. The lowest BCUT2D eigenvalue weighted by molar-refractivity contribution is -0.192. The molecular formula is C22H24F6N4O3. The number of nitrogens with one attached hydrogen (secondary N) is 1. The van der Waals surface area contributed by atoms with Crippen molar-refractivity contribution in [2.75, 3.05) is 24.5 Å². The topological polar surface area (TPSA) is 98.6 Å². The molecule has 192 valence electrons. The number of carboxylic acid groups (broad SMARTS) is 1. The highest BCUT2D eigenvalue weighted by Gasteiger charge is 2.38. The van der Waals surface area contributed by atoms with Crippen LogP contribution in [0.1, 0.15) is 36.0 Å². The number of benzene rings is 1. The average Bonchev–Trinajstić information content (AvgIpc) is 2.79. The highest BCUT2D eigenvalue weighted by atomic mass is 19.4. The second-order valence-electron chi connectivity index (χ2n) is 8.31. The summed E-state index contributed by atoms with van der Waals surface area (Å²) in [7, 11) is 0. The monoisotopic (exact) mass is 506 g/mol. The second-order valence-corrected chi connectivity index (χ2v) is 8.31. The van der Waals surface area contributed by atoms with E-state index in [1.165, 1.54) is 6.07 Å². The smallest absolute Gasteiger partial charge is 0.490 e. The van der Waals surface area contributed by atoms with Crippen molar-refractivity contribution in [3.63, 3.8) is 0 Å². The number of phenolic OH excluding ortho intramolecular Hbond substituents is 1. The van der Waals surface area contributed by atoms with Crippen LogP contribution < -0.4 is 10.2 Å². The van der Waals surface area contributed by atoms with Gasteiger partial charge in [-0.2, -0.15) is 26.3 Å². The van der Waals surface area contributed by atoms with Crippen molar-refractivity contribution >= 4 is 11.8 Å². The first-order chi connectivity index (χ1) is 16.3. The molecule has 7 nitrogen and oxygen atoms in total. The Morgan fingerprint density at radius 1 is 1.14 bits per heavy atom. The van der Waals surface area contributed by atoms with Crippen molar-refractivity contribution in [3.8, 4) is 17.0 Å². The molecule has 3 heterocycles. The molecule has 0 spiro atoms. The number of carbonyl (C=O) groups is 1. The van der Waals surface area contributed by atoms with Crippen LogP contribution >= 0.6 is 0 Å². The summed E-state index contributed by atoms with van der Waals surface area (Å²) >= 11 is 0. The molecule has 0 saturated carbocycles. The van der Waals surface area contributed by atoms with E-state index in [0.717, 1.165) is 74.4 Å². The SMILES string of the molecule is Cc1c(-c2ccc(C(F)(F)F)cc2O)nnc2c1CCCN2[C@@H]1CCCNC1.O=C(O)C(F)(F)F. The van der Waals surface area contributed by atoms with Gasteiger partial charge in [0.05, 0.1) is 11.3 Å². The van der Waals surface area contributed by atoms with Crippen LogP contribution in [0.2, 0.25) is 0 Å². The van der Waals surface area contributed by atoms with Gasteiger partial charge in [-0.1, -0.05) is 0 Å². The predicted molar refractivity (Wildman–Crippen MR) is 114 cm³/mol. The number of alkyl halides is 6. The van der Waals surface area contributed by atoms with E-state index in [9.17, 15) is 31.4 Å². The molecule has 2 aliphatic heterocycles. The molecule has 0 radical (unpaired) electrons. The molecule has 35 heavy (non-hydrogen) atoms. The zero-order valence-corrected chi connectivity index (χ0v) is 18.7. The molecule has 4 rings (SSSR count). The number of aromatic nitrogens is 2. The Balaban J connectivity index is 0.000000429. The van der Waals surface area contributed by atoms with Crippen molar-refractivity contribution in [1.82, 2.24) is 15.5 Å². The first-order valence-corrected chi connectivity index (χ1v) is 10.8. The van der Waals surface area contributed by atoms with Gasteiger partial charge in [-0.3, -0.25) is 0 Å². The van der Waals surface area contributed by atoms with Crippen LogP contribution in [-0.4, -0.2) is 58.2 Å². The molecule has 1 aromatic carbocycles. The number of hydrogen-bond acceptors (Lipinski definition) is 6. The Morgan fingerprint density at radius 3 is 2.37 bits per heavy atom. The van der Waals surface area contributed by atoms with E-state index in [-0.39, 0.29) is 5.56 Å². The Morgan fingerprint density at radius 2 is 1.83 bits per heavy atom. The molecular weight excluding hydrogens is 482 g/mol. The molecule has 3 N–H and O–H groups in total. The Bertz CT molecular complexity index is 1070. The van der Waals surface area contributed by atoms with Crippen LogP contribution in [0.15, 0.2) is 18.2 Å². The fourth-order valence-electron chi connectivity index (χ4n) is 4.22. The largest absolute Gasteiger partial charge is 0.507 e. The van der Waals surface area contributed by atoms with Crippen molar-refractivity contribution in [2.45, 2.75) is 51.0 Å². The minimum absolute atomic E-state index is 0.275. The van der Waals surface area contributed by atoms with Crippen molar-refractivity contribution in [2.24, 2.45) is 0 Å². The molecule has 13 heteroatoms. The van der Waals surface area contributed by atoms with Gasteiger partial charge in [-0.15, -0.1) is 10.2 Å². The number of rotatable bonds is 2. The predicted octanol–water partition coefficient (Wildman–Crippen LogP) is 4.31. The molecule has 0 amide bonds. The van der Waals surface area contributed by atoms with E-state index in [2.05, 4.69) is 20.4 Å². The fraction of sp³-hybridized carbons (Fsp3) is 0.500. The first-order valence-electron chi connectivity index (χ1n) is 10.8. The second kappa shape index (κ2) is 10.3. The van der Waals surface area contributed by atoms with Gasteiger partial charge in [0.15, 0.2) is 5.82 Å².